The zero-order chi connectivity index (χ0) is 11.3. The number of amides is 2. The van der Waals surface area contributed by atoms with Gasteiger partial charge in [0.15, 0.2) is 0 Å². The van der Waals surface area contributed by atoms with Crippen molar-refractivity contribution in [1.29, 1.82) is 0 Å². The maximum absolute atomic E-state index is 11.1. The molecule has 0 aliphatic carbocycles. The molecule has 0 fully saturated rings. The van der Waals surface area contributed by atoms with E-state index in [4.69, 9.17) is 5.11 Å². The molecule has 1 heterocycles. The molecule has 3 N–H and O–H groups in total. The van der Waals surface area contributed by atoms with Crippen LogP contribution in [0.4, 0.5) is 10.5 Å². The zero-order valence-electron chi connectivity index (χ0n) is 8.15. The summed E-state index contributed by atoms with van der Waals surface area (Å²) in [6, 6.07) is 0.951. The normalized spacial score (nSPS) is 9.40. The number of carboxylic acid groups (broad SMARTS) is 1. The summed E-state index contributed by atoms with van der Waals surface area (Å²) >= 11 is 0. The Labute approximate surface area is 86.3 Å². The first-order valence-corrected chi connectivity index (χ1v) is 4.36. The van der Waals surface area contributed by atoms with E-state index in [2.05, 4.69) is 15.6 Å². The number of nitrogens with zero attached hydrogens (tertiary/aromatic N) is 1. The molecule has 0 unspecified atom stereocenters. The molecule has 1 aromatic heterocycles. The number of carboxylic acids is 1. The van der Waals surface area contributed by atoms with Crippen molar-refractivity contribution in [2.24, 2.45) is 0 Å². The first-order chi connectivity index (χ1) is 7.13. The smallest absolute Gasteiger partial charge is 0.337 e. The molecule has 0 aromatic carbocycles. The molecule has 0 atom stereocenters. The summed E-state index contributed by atoms with van der Waals surface area (Å²) in [4.78, 5) is 25.4. The molecule has 2 amide bonds. The van der Waals surface area contributed by atoms with Crippen molar-refractivity contribution in [3.63, 3.8) is 0 Å². The van der Waals surface area contributed by atoms with Crippen molar-refractivity contribution in [2.75, 3.05) is 11.9 Å². The van der Waals surface area contributed by atoms with E-state index in [9.17, 15) is 9.59 Å². The summed E-state index contributed by atoms with van der Waals surface area (Å²) in [7, 11) is 0. The van der Waals surface area contributed by atoms with Gasteiger partial charge in [-0.1, -0.05) is 0 Å². The van der Waals surface area contributed by atoms with Crippen LogP contribution < -0.4 is 10.6 Å². The van der Waals surface area contributed by atoms with Crippen LogP contribution in [0, 0.1) is 0 Å². The number of anilines is 1. The van der Waals surface area contributed by atoms with Gasteiger partial charge in [0, 0.05) is 12.7 Å². The van der Waals surface area contributed by atoms with Crippen LogP contribution in [-0.2, 0) is 0 Å². The monoisotopic (exact) mass is 209 g/mol. The van der Waals surface area contributed by atoms with E-state index in [1.807, 2.05) is 0 Å². The van der Waals surface area contributed by atoms with Crippen LogP contribution in [0.2, 0.25) is 0 Å². The second-order valence-electron chi connectivity index (χ2n) is 2.75. The molecule has 6 nitrogen and oxygen atoms in total. The van der Waals surface area contributed by atoms with Gasteiger partial charge in [-0.25, -0.2) is 9.59 Å². The number of hydrogen-bond acceptors (Lipinski definition) is 3. The lowest BCUT2D eigenvalue weighted by molar-refractivity contribution is 0.0696. The number of rotatable bonds is 3. The van der Waals surface area contributed by atoms with Crippen molar-refractivity contribution in [3.05, 3.63) is 24.0 Å². The number of carbonyl (C=O) groups is 2. The molecule has 15 heavy (non-hydrogen) atoms. The summed E-state index contributed by atoms with van der Waals surface area (Å²) in [5.74, 6) is -1.08. The van der Waals surface area contributed by atoms with Crippen molar-refractivity contribution < 1.29 is 14.7 Å². The molecule has 0 spiro atoms. The molecule has 0 saturated carbocycles. The summed E-state index contributed by atoms with van der Waals surface area (Å²) in [6.07, 6.45) is 2.59. The van der Waals surface area contributed by atoms with Crippen LogP contribution in [0.15, 0.2) is 18.5 Å². The van der Waals surface area contributed by atoms with E-state index in [0.29, 0.717) is 12.2 Å². The van der Waals surface area contributed by atoms with Crippen LogP contribution in [0.1, 0.15) is 17.3 Å². The van der Waals surface area contributed by atoms with E-state index >= 15 is 0 Å². The minimum atomic E-state index is -1.08. The first kappa shape index (κ1) is 11.0. The summed E-state index contributed by atoms with van der Waals surface area (Å²) in [6.45, 7) is 2.28. The first-order valence-electron chi connectivity index (χ1n) is 4.36. The lowest BCUT2D eigenvalue weighted by Crippen LogP contribution is -2.28. The topological polar surface area (TPSA) is 91.3 Å². The van der Waals surface area contributed by atoms with E-state index in [1.54, 1.807) is 6.92 Å². The van der Waals surface area contributed by atoms with Crippen LogP contribution in [0.5, 0.6) is 0 Å². The third-order valence-electron chi connectivity index (χ3n) is 1.58. The molecule has 0 bridgehead atoms. The van der Waals surface area contributed by atoms with Gasteiger partial charge in [-0.05, 0) is 13.0 Å². The van der Waals surface area contributed by atoms with Gasteiger partial charge >= 0.3 is 12.0 Å². The molecule has 1 rings (SSSR count). The Morgan fingerprint density at radius 2 is 2.20 bits per heavy atom. The van der Waals surface area contributed by atoms with E-state index in [-0.39, 0.29) is 11.6 Å². The van der Waals surface area contributed by atoms with E-state index < -0.39 is 5.97 Å². The summed E-state index contributed by atoms with van der Waals surface area (Å²) in [5.41, 5.74) is 0.380. The van der Waals surface area contributed by atoms with Crippen molar-refractivity contribution in [3.8, 4) is 0 Å². The Balaban J connectivity index is 2.73. The minimum absolute atomic E-state index is 0.0318. The Bertz CT molecular complexity index is 379. The standard InChI is InChI=1S/C9H11N3O3/c1-2-11-9(15)12-7-3-6(8(13)14)4-10-5-7/h3-5H,2H2,1H3,(H,13,14)(H2,11,12,15). The summed E-state index contributed by atoms with van der Waals surface area (Å²) in [5, 5.41) is 13.7. The predicted octanol–water partition coefficient (Wildman–Crippen LogP) is 0.921. The predicted molar refractivity (Wildman–Crippen MR) is 53.9 cm³/mol. The van der Waals surface area contributed by atoms with Crippen LogP contribution in [-0.4, -0.2) is 28.6 Å². The fraction of sp³-hybridized carbons (Fsp3) is 0.222. The maximum atomic E-state index is 11.1. The highest BCUT2D eigenvalue weighted by atomic mass is 16.4. The molecule has 0 saturated heterocycles. The average molecular weight is 209 g/mol. The number of aromatic carboxylic acids is 1. The van der Waals surface area contributed by atoms with Gasteiger partial charge in [0.05, 0.1) is 17.4 Å². The Hall–Kier alpha value is -2.11. The molecule has 0 radical (unpaired) electrons. The molecule has 0 aliphatic rings. The van der Waals surface area contributed by atoms with E-state index in [0.717, 1.165) is 0 Å². The second kappa shape index (κ2) is 4.94. The molecule has 1 aromatic rings. The van der Waals surface area contributed by atoms with Gasteiger partial charge in [-0.15, -0.1) is 0 Å². The molecular formula is C9H11N3O3. The molecule has 80 valence electrons. The van der Waals surface area contributed by atoms with Gasteiger partial charge in [-0.3, -0.25) is 4.98 Å². The van der Waals surface area contributed by atoms with Gasteiger partial charge in [-0.2, -0.15) is 0 Å². The van der Waals surface area contributed by atoms with Crippen molar-refractivity contribution in [2.45, 2.75) is 6.92 Å². The second-order valence-corrected chi connectivity index (χ2v) is 2.75. The van der Waals surface area contributed by atoms with Gasteiger partial charge in [0.1, 0.15) is 0 Å². The number of nitrogens with one attached hydrogen (secondary N) is 2. The molecule has 0 aliphatic heterocycles. The van der Waals surface area contributed by atoms with Crippen LogP contribution >= 0.6 is 0 Å². The number of hydrogen-bond donors (Lipinski definition) is 3. The quantitative estimate of drug-likeness (QED) is 0.690. The van der Waals surface area contributed by atoms with Crippen LogP contribution in [0.25, 0.3) is 0 Å². The fourth-order valence-electron chi connectivity index (χ4n) is 0.961. The van der Waals surface area contributed by atoms with E-state index in [1.165, 1.54) is 18.5 Å². The highest BCUT2D eigenvalue weighted by molar-refractivity contribution is 5.92. The van der Waals surface area contributed by atoms with Crippen molar-refractivity contribution >= 4 is 17.7 Å². The third kappa shape index (κ3) is 3.26. The van der Waals surface area contributed by atoms with Crippen molar-refractivity contribution in [1.82, 2.24) is 10.3 Å². The average Bonchev–Trinajstić information content (AvgIpc) is 2.18. The third-order valence-corrected chi connectivity index (χ3v) is 1.58. The van der Waals surface area contributed by atoms with Crippen LogP contribution in [0.3, 0.4) is 0 Å². The van der Waals surface area contributed by atoms with Gasteiger partial charge in [0.25, 0.3) is 0 Å². The zero-order valence-corrected chi connectivity index (χ0v) is 8.15. The minimum Gasteiger partial charge on any atom is -0.478 e. The number of carbonyl (C=O) groups excluding carboxylic acids is 1. The largest absolute Gasteiger partial charge is 0.478 e. The number of aromatic nitrogens is 1. The molecule has 6 heteroatoms. The lowest BCUT2D eigenvalue weighted by atomic mass is 10.3. The fourth-order valence-corrected chi connectivity index (χ4v) is 0.961. The Morgan fingerprint density at radius 1 is 1.47 bits per heavy atom. The Kier molecular flexibility index (Phi) is 3.61. The van der Waals surface area contributed by atoms with Gasteiger partial charge in [0.2, 0.25) is 0 Å². The Morgan fingerprint density at radius 3 is 2.80 bits per heavy atom. The van der Waals surface area contributed by atoms with Gasteiger partial charge < -0.3 is 15.7 Å². The highest BCUT2D eigenvalue weighted by Gasteiger charge is 2.05. The lowest BCUT2D eigenvalue weighted by Gasteiger charge is -2.05. The number of pyridine rings is 1. The maximum Gasteiger partial charge on any atom is 0.337 e. The SMILES string of the molecule is CCNC(=O)Nc1cncc(C(=O)O)c1. The number of urea groups is 1. The highest BCUT2D eigenvalue weighted by Crippen LogP contribution is 2.07. The summed E-state index contributed by atoms with van der Waals surface area (Å²) < 4.78 is 0. The molecular weight excluding hydrogens is 198 g/mol.